The lowest BCUT2D eigenvalue weighted by atomic mass is 10.0. The summed E-state index contributed by atoms with van der Waals surface area (Å²) in [6.07, 6.45) is 1.14. The average molecular weight is 305 g/mol. The molecule has 1 amide bonds. The molecular formula is C17H23NO4. The number of amides is 1. The molecule has 0 bridgehead atoms. The van der Waals surface area contributed by atoms with Crippen molar-refractivity contribution in [2.45, 2.75) is 33.3 Å². The fourth-order valence-corrected chi connectivity index (χ4v) is 2.66. The lowest BCUT2D eigenvalue weighted by Gasteiger charge is -2.15. The number of carbonyl (C=O) groups excluding carboxylic acids is 2. The van der Waals surface area contributed by atoms with Crippen LogP contribution in [0.4, 0.5) is 4.79 Å². The molecule has 2 rings (SSSR count). The second-order valence-electron chi connectivity index (χ2n) is 5.64. The minimum absolute atomic E-state index is 0.105. The van der Waals surface area contributed by atoms with Gasteiger partial charge in [-0.05, 0) is 25.3 Å². The Hall–Kier alpha value is -2.04. The van der Waals surface area contributed by atoms with Gasteiger partial charge in [0.25, 0.3) is 0 Å². The van der Waals surface area contributed by atoms with Crippen molar-refractivity contribution in [2.24, 2.45) is 11.3 Å². The van der Waals surface area contributed by atoms with Gasteiger partial charge in [0, 0.05) is 12.0 Å². The second-order valence-corrected chi connectivity index (χ2v) is 5.64. The summed E-state index contributed by atoms with van der Waals surface area (Å²) in [6.45, 7) is 4.90. The van der Waals surface area contributed by atoms with Crippen molar-refractivity contribution >= 4 is 12.1 Å². The molecule has 1 aromatic carbocycles. The normalized spacial score (nSPS) is 22.7. The monoisotopic (exact) mass is 305 g/mol. The Labute approximate surface area is 131 Å². The van der Waals surface area contributed by atoms with Crippen LogP contribution < -0.4 is 5.32 Å². The highest BCUT2D eigenvalue weighted by Gasteiger charge is 2.57. The summed E-state index contributed by atoms with van der Waals surface area (Å²) in [7, 11) is 0. The Bertz CT molecular complexity index is 517. The molecule has 0 aromatic heterocycles. The van der Waals surface area contributed by atoms with E-state index >= 15 is 0 Å². The van der Waals surface area contributed by atoms with Crippen molar-refractivity contribution in [3.8, 4) is 0 Å². The molecule has 0 aliphatic heterocycles. The maximum atomic E-state index is 11.8. The van der Waals surface area contributed by atoms with Gasteiger partial charge in [-0.25, -0.2) is 4.79 Å². The van der Waals surface area contributed by atoms with Crippen LogP contribution in [0.2, 0.25) is 0 Å². The van der Waals surface area contributed by atoms with Crippen molar-refractivity contribution in [3.63, 3.8) is 0 Å². The molecule has 5 nitrogen and oxygen atoms in total. The third kappa shape index (κ3) is 4.00. The van der Waals surface area contributed by atoms with Crippen LogP contribution in [0.5, 0.6) is 0 Å². The molecule has 0 spiro atoms. The lowest BCUT2D eigenvalue weighted by molar-refractivity contribution is -0.145. The second kappa shape index (κ2) is 7.29. The number of alkyl carbamates (subject to hydrolysis) is 1. The molecule has 1 N–H and O–H groups in total. The van der Waals surface area contributed by atoms with Crippen molar-refractivity contribution in [1.29, 1.82) is 0 Å². The highest BCUT2D eigenvalue weighted by atomic mass is 16.5. The van der Waals surface area contributed by atoms with E-state index < -0.39 is 6.09 Å². The molecule has 1 aromatic rings. The number of benzene rings is 1. The van der Waals surface area contributed by atoms with E-state index in [9.17, 15) is 9.59 Å². The molecule has 0 saturated heterocycles. The van der Waals surface area contributed by atoms with Crippen molar-refractivity contribution in [3.05, 3.63) is 35.9 Å². The van der Waals surface area contributed by atoms with Crippen molar-refractivity contribution < 1.29 is 19.1 Å². The van der Waals surface area contributed by atoms with E-state index in [1.54, 1.807) is 6.92 Å². The van der Waals surface area contributed by atoms with Crippen LogP contribution in [0.25, 0.3) is 0 Å². The zero-order valence-corrected chi connectivity index (χ0v) is 13.1. The zero-order valence-electron chi connectivity index (χ0n) is 13.1. The fourth-order valence-electron chi connectivity index (χ4n) is 2.66. The average Bonchev–Trinajstić information content (AvgIpc) is 3.28. The first-order valence-electron chi connectivity index (χ1n) is 7.72. The number of esters is 1. The van der Waals surface area contributed by atoms with Gasteiger partial charge in [-0.15, -0.1) is 0 Å². The van der Waals surface area contributed by atoms with E-state index in [-0.39, 0.29) is 23.9 Å². The number of nitrogens with one attached hydrogen (secondary N) is 1. The van der Waals surface area contributed by atoms with E-state index in [0.717, 1.165) is 18.4 Å². The Balaban J connectivity index is 1.75. The maximum Gasteiger partial charge on any atom is 0.407 e. The molecular weight excluding hydrogens is 282 g/mol. The van der Waals surface area contributed by atoms with Gasteiger partial charge < -0.3 is 14.8 Å². The van der Waals surface area contributed by atoms with E-state index in [0.29, 0.717) is 13.2 Å². The summed E-state index contributed by atoms with van der Waals surface area (Å²) in [5.41, 5.74) is 0.775. The Kier molecular flexibility index (Phi) is 5.41. The number of rotatable bonds is 7. The van der Waals surface area contributed by atoms with Gasteiger partial charge in [0.2, 0.25) is 0 Å². The molecule has 1 aliphatic rings. The first-order valence-corrected chi connectivity index (χ1v) is 7.72. The molecule has 2 atom stereocenters. The summed E-state index contributed by atoms with van der Waals surface area (Å²) in [4.78, 5) is 23.5. The predicted octanol–water partition coefficient (Wildman–Crippen LogP) is 2.89. The maximum absolute atomic E-state index is 11.8. The number of ether oxygens (including phenoxy) is 2. The van der Waals surface area contributed by atoms with Gasteiger partial charge in [-0.3, -0.25) is 4.79 Å². The predicted molar refractivity (Wildman–Crippen MR) is 82.1 cm³/mol. The zero-order chi connectivity index (χ0) is 16.0. The summed E-state index contributed by atoms with van der Waals surface area (Å²) >= 11 is 0. The van der Waals surface area contributed by atoms with Gasteiger partial charge in [0.1, 0.15) is 6.61 Å². The van der Waals surface area contributed by atoms with Crippen molar-refractivity contribution in [2.75, 3.05) is 13.2 Å². The quantitative estimate of drug-likeness (QED) is 0.787. The standard InChI is InChI=1S/C17H23NO4/c1-3-17(10-14(17)15(19)21-4-2)12-18-16(20)22-11-13-8-6-5-7-9-13/h5-9,14H,3-4,10-12H2,1-2H3,(H,18,20). The third-order valence-electron chi connectivity index (χ3n) is 4.26. The van der Waals surface area contributed by atoms with E-state index in [1.807, 2.05) is 37.3 Å². The van der Waals surface area contributed by atoms with Crippen LogP contribution >= 0.6 is 0 Å². The van der Waals surface area contributed by atoms with Gasteiger partial charge in [-0.1, -0.05) is 37.3 Å². The van der Waals surface area contributed by atoms with Crippen molar-refractivity contribution in [1.82, 2.24) is 5.32 Å². The van der Waals surface area contributed by atoms with Crippen LogP contribution in [0.1, 0.15) is 32.3 Å². The van der Waals surface area contributed by atoms with Crippen LogP contribution in [0.3, 0.4) is 0 Å². The third-order valence-corrected chi connectivity index (χ3v) is 4.26. The summed E-state index contributed by atoms with van der Waals surface area (Å²) in [5, 5.41) is 2.76. The molecule has 0 heterocycles. The minimum Gasteiger partial charge on any atom is -0.466 e. The topological polar surface area (TPSA) is 64.6 Å². The molecule has 2 unspecified atom stereocenters. The Morgan fingerprint density at radius 2 is 1.95 bits per heavy atom. The largest absolute Gasteiger partial charge is 0.466 e. The van der Waals surface area contributed by atoms with Crippen LogP contribution in [-0.2, 0) is 20.9 Å². The molecule has 1 saturated carbocycles. The minimum atomic E-state index is -0.453. The molecule has 120 valence electrons. The molecule has 22 heavy (non-hydrogen) atoms. The van der Waals surface area contributed by atoms with E-state index in [2.05, 4.69) is 5.32 Å². The van der Waals surface area contributed by atoms with Crippen LogP contribution in [0.15, 0.2) is 30.3 Å². The van der Waals surface area contributed by atoms with E-state index in [4.69, 9.17) is 9.47 Å². The van der Waals surface area contributed by atoms with Crippen LogP contribution in [-0.4, -0.2) is 25.2 Å². The highest BCUT2D eigenvalue weighted by molar-refractivity contribution is 5.77. The molecule has 1 aliphatic carbocycles. The summed E-state index contributed by atoms with van der Waals surface area (Å²) < 4.78 is 10.2. The fraction of sp³-hybridized carbons (Fsp3) is 0.529. The lowest BCUT2D eigenvalue weighted by Crippen LogP contribution is -2.32. The molecule has 1 fully saturated rings. The molecule has 5 heteroatoms. The van der Waals surface area contributed by atoms with Gasteiger partial charge in [0.15, 0.2) is 0 Å². The first-order chi connectivity index (χ1) is 10.6. The SMILES string of the molecule is CCOC(=O)C1CC1(CC)CNC(=O)OCc1ccccc1. The number of hydrogen-bond donors (Lipinski definition) is 1. The molecule has 0 radical (unpaired) electrons. The number of carbonyl (C=O) groups is 2. The summed E-state index contributed by atoms with van der Waals surface area (Å²) in [6, 6.07) is 9.52. The highest BCUT2D eigenvalue weighted by Crippen LogP contribution is 2.55. The Morgan fingerprint density at radius 3 is 2.59 bits per heavy atom. The Morgan fingerprint density at radius 1 is 1.23 bits per heavy atom. The van der Waals surface area contributed by atoms with Gasteiger partial charge >= 0.3 is 12.1 Å². The van der Waals surface area contributed by atoms with Gasteiger partial charge in [0.05, 0.1) is 12.5 Å². The van der Waals surface area contributed by atoms with E-state index in [1.165, 1.54) is 0 Å². The summed E-state index contributed by atoms with van der Waals surface area (Å²) in [5.74, 6) is -0.268. The van der Waals surface area contributed by atoms with Gasteiger partial charge in [-0.2, -0.15) is 0 Å². The smallest absolute Gasteiger partial charge is 0.407 e. The van der Waals surface area contributed by atoms with Crippen LogP contribution in [0, 0.1) is 11.3 Å². The number of hydrogen-bond acceptors (Lipinski definition) is 4. The first kappa shape index (κ1) is 16.3.